The first-order valence-corrected chi connectivity index (χ1v) is 6.64. The highest BCUT2D eigenvalue weighted by Crippen LogP contribution is 2.26. The predicted octanol–water partition coefficient (Wildman–Crippen LogP) is 1.56. The Morgan fingerprint density at radius 3 is 2.89 bits per heavy atom. The highest BCUT2D eigenvalue weighted by atomic mass is 15.3. The first-order chi connectivity index (χ1) is 8.88. The fourth-order valence-electron chi connectivity index (χ4n) is 2.59. The van der Waals surface area contributed by atoms with E-state index in [2.05, 4.69) is 33.1 Å². The molecule has 1 aliphatic rings. The van der Waals surface area contributed by atoms with Crippen LogP contribution in [0.1, 0.15) is 31.4 Å². The summed E-state index contributed by atoms with van der Waals surface area (Å²) in [7, 11) is 0. The average Bonchev–Trinajstić information content (AvgIpc) is 3.08. The fourth-order valence-corrected chi connectivity index (χ4v) is 2.59. The van der Waals surface area contributed by atoms with E-state index in [9.17, 15) is 0 Å². The number of hydrogen-bond donors (Lipinski definition) is 1. The molecular weight excluding hydrogens is 226 g/mol. The van der Waals surface area contributed by atoms with E-state index in [-0.39, 0.29) is 0 Å². The highest BCUT2D eigenvalue weighted by Gasteiger charge is 2.19. The van der Waals surface area contributed by atoms with Crippen molar-refractivity contribution in [2.75, 3.05) is 13.1 Å². The number of rotatable bonds is 3. The molecule has 3 rings (SSSR count). The third-order valence-corrected chi connectivity index (χ3v) is 3.65. The van der Waals surface area contributed by atoms with E-state index in [1.54, 1.807) is 0 Å². The summed E-state index contributed by atoms with van der Waals surface area (Å²) in [4.78, 5) is 4.31. The molecule has 0 bridgehead atoms. The second-order valence-electron chi connectivity index (χ2n) is 4.77. The van der Waals surface area contributed by atoms with Gasteiger partial charge in [-0.25, -0.2) is 4.98 Å². The molecule has 1 aliphatic heterocycles. The van der Waals surface area contributed by atoms with Crippen molar-refractivity contribution in [2.24, 2.45) is 0 Å². The lowest BCUT2D eigenvalue weighted by Gasteiger charge is -2.23. The average molecular weight is 245 g/mol. The van der Waals surface area contributed by atoms with Crippen molar-refractivity contribution in [3.8, 4) is 5.69 Å². The van der Waals surface area contributed by atoms with Gasteiger partial charge < -0.3 is 5.32 Å². The van der Waals surface area contributed by atoms with Crippen LogP contribution in [0.15, 0.2) is 24.9 Å². The lowest BCUT2D eigenvalue weighted by atomic mass is 9.95. The minimum absolute atomic E-state index is 0.610. The predicted molar refractivity (Wildman–Crippen MR) is 69.9 cm³/mol. The van der Waals surface area contributed by atoms with Gasteiger partial charge in [0.1, 0.15) is 0 Å². The molecule has 5 heteroatoms. The fraction of sp³-hybridized carbons (Fsp3) is 0.538. The number of piperidine rings is 1. The molecule has 1 saturated heterocycles. The molecule has 0 unspecified atom stereocenters. The van der Waals surface area contributed by atoms with Crippen LogP contribution in [0.3, 0.4) is 0 Å². The Labute approximate surface area is 107 Å². The van der Waals surface area contributed by atoms with E-state index in [4.69, 9.17) is 0 Å². The van der Waals surface area contributed by atoms with Gasteiger partial charge in [-0.15, -0.1) is 0 Å². The van der Waals surface area contributed by atoms with Gasteiger partial charge in [-0.3, -0.25) is 9.25 Å². The van der Waals surface area contributed by atoms with Gasteiger partial charge in [0.2, 0.25) is 0 Å². The maximum absolute atomic E-state index is 4.33. The van der Waals surface area contributed by atoms with Crippen LogP contribution < -0.4 is 5.32 Å². The zero-order chi connectivity index (χ0) is 12.4. The van der Waals surface area contributed by atoms with Crippen molar-refractivity contribution in [1.82, 2.24) is 24.6 Å². The van der Waals surface area contributed by atoms with Crippen molar-refractivity contribution in [3.05, 3.63) is 30.6 Å². The molecule has 2 aromatic heterocycles. The Morgan fingerprint density at radius 2 is 2.17 bits per heavy atom. The molecule has 0 atom stereocenters. The zero-order valence-electron chi connectivity index (χ0n) is 10.7. The lowest BCUT2D eigenvalue weighted by Crippen LogP contribution is -2.27. The number of nitrogens with one attached hydrogen (secondary N) is 1. The zero-order valence-corrected chi connectivity index (χ0v) is 10.7. The van der Waals surface area contributed by atoms with Gasteiger partial charge in [-0.2, -0.15) is 5.10 Å². The van der Waals surface area contributed by atoms with Crippen molar-refractivity contribution >= 4 is 0 Å². The van der Waals surface area contributed by atoms with Crippen molar-refractivity contribution in [3.63, 3.8) is 0 Å². The second kappa shape index (κ2) is 4.94. The van der Waals surface area contributed by atoms with Gasteiger partial charge in [0, 0.05) is 30.6 Å². The van der Waals surface area contributed by atoms with E-state index in [1.165, 1.54) is 18.5 Å². The summed E-state index contributed by atoms with van der Waals surface area (Å²) in [6, 6.07) is 0. The minimum Gasteiger partial charge on any atom is -0.317 e. The Balaban J connectivity index is 1.90. The Hall–Kier alpha value is -1.62. The van der Waals surface area contributed by atoms with E-state index in [0.29, 0.717) is 5.92 Å². The Bertz CT molecular complexity index is 507. The largest absolute Gasteiger partial charge is 0.317 e. The molecule has 2 aromatic rings. The van der Waals surface area contributed by atoms with Crippen LogP contribution in [-0.4, -0.2) is 32.4 Å². The van der Waals surface area contributed by atoms with Gasteiger partial charge in [0.05, 0.1) is 18.2 Å². The second-order valence-corrected chi connectivity index (χ2v) is 4.77. The van der Waals surface area contributed by atoms with Gasteiger partial charge >= 0.3 is 0 Å². The third kappa shape index (κ3) is 2.06. The molecule has 3 heterocycles. The van der Waals surface area contributed by atoms with Crippen molar-refractivity contribution in [2.45, 2.75) is 32.2 Å². The summed E-state index contributed by atoms with van der Waals surface area (Å²) in [5.41, 5.74) is 2.43. The van der Waals surface area contributed by atoms with Crippen molar-refractivity contribution < 1.29 is 0 Å². The molecule has 0 radical (unpaired) electrons. The van der Waals surface area contributed by atoms with Gasteiger partial charge in [-0.1, -0.05) is 0 Å². The first-order valence-electron chi connectivity index (χ1n) is 6.64. The third-order valence-electron chi connectivity index (χ3n) is 3.65. The van der Waals surface area contributed by atoms with Gasteiger partial charge in [-0.05, 0) is 32.9 Å². The monoisotopic (exact) mass is 245 g/mol. The maximum atomic E-state index is 4.33. The molecule has 18 heavy (non-hydrogen) atoms. The van der Waals surface area contributed by atoms with Gasteiger partial charge in [0.25, 0.3) is 0 Å². The van der Waals surface area contributed by atoms with Crippen LogP contribution in [0.2, 0.25) is 0 Å². The van der Waals surface area contributed by atoms with E-state index in [0.717, 1.165) is 25.3 Å². The summed E-state index contributed by atoms with van der Waals surface area (Å²) in [5, 5.41) is 7.74. The Kier molecular flexibility index (Phi) is 3.15. The van der Waals surface area contributed by atoms with E-state index >= 15 is 0 Å². The van der Waals surface area contributed by atoms with Crippen LogP contribution >= 0.6 is 0 Å². The first kappa shape index (κ1) is 11.5. The standard InChI is InChI=1S/C13H19N5/c1-2-17-9-12(7-16-17)18-10-15-8-13(18)11-3-5-14-6-4-11/h7-11,14H,2-6H2,1H3. The van der Waals surface area contributed by atoms with Gasteiger partial charge in [0.15, 0.2) is 0 Å². The minimum atomic E-state index is 0.610. The number of aryl methyl sites for hydroxylation is 1. The number of nitrogens with zero attached hydrogens (tertiary/aromatic N) is 4. The molecule has 1 N–H and O–H groups in total. The summed E-state index contributed by atoms with van der Waals surface area (Å²) in [6.45, 7) is 5.20. The molecule has 0 amide bonds. The molecule has 1 fully saturated rings. The van der Waals surface area contributed by atoms with Crippen LogP contribution in [0.4, 0.5) is 0 Å². The lowest BCUT2D eigenvalue weighted by molar-refractivity contribution is 0.449. The molecule has 0 aromatic carbocycles. The topological polar surface area (TPSA) is 47.7 Å². The van der Waals surface area contributed by atoms with E-state index < -0.39 is 0 Å². The highest BCUT2D eigenvalue weighted by molar-refractivity contribution is 5.30. The van der Waals surface area contributed by atoms with E-state index in [1.807, 2.05) is 23.4 Å². The number of hydrogen-bond acceptors (Lipinski definition) is 3. The van der Waals surface area contributed by atoms with Crippen LogP contribution in [0, 0.1) is 0 Å². The molecular formula is C13H19N5. The van der Waals surface area contributed by atoms with Crippen LogP contribution in [0.25, 0.3) is 5.69 Å². The smallest absolute Gasteiger partial charge is 0.0995 e. The molecule has 0 aliphatic carbocycles. The van der Waals surface area contributed by atoms with Crippen LogP contribution in [0.5, 0.6) is 0 Å². The molecule has 0 saturated carbocycles. The van der Waals surface area contributed by atoms with Crippen LogP contribution in [-0.2, 0) is 6.54 Å². The normalized spacial score (nSPS) is 17.2. The Morgan fingerprint density at radius 1 is 1.33 bits per heavy atom. The maximum Gasteiger partial charge on any atom is 0.0995 e. The summed E-state index contributed by atoms with van der Waals surface area (Å²) >= 11 is 0. The number of aromatic nitrogens is 4. The quantitative estimate of drug-likeness (QED) is 0.892. The summed E-state index contributed by atoms with van der Waals surface area (Å²) < 4.78 is 4.12. The van der Waals surface area contributed by atoms with Crippen molar-refractivity contribution in [1.29, 1.82) is 0 Å². The molecule has 5 nitrogen and oxygen atoms in total. The molecule has 96 valence electrons. The number of imidazole rings is 1. The summed E-state index contributed by atoms with van der Waals surface area (Å²) in [6.07, 6.45) is 10.3. The SMILES string of the molecule is CCn1cc(-n2cncc2C2CCNCC2)cn1. The summed E-state index contributed by atoms with van der Waals surface area (Å²) in [5.74, 6) is 0.610. The molecule has 0 spiro atoms.